The van der Waals surface area contributed by atoms with Gasteiger partial charge in [-0.25, -0.2) is 10.8 Å². The van der Waals surface area contributed by atoms with E-state index in [2.05, 4.69) is 31.3 Å². The summed E-state index contributed by atoms with van der Waals surface area (Å²) in [5.74, 6) is 6.64. The molecule has 8 heteroatoms. The Morgan fingerprint density at radius 3 is 2.86 bits per heavy atom. The average Bonchev–Trinajstić information content (AvgIpc) is 2.82. The Hall–Kier alpha value is -1.41. The summed E-state index contributed by atoms with van der Waals surface area (Å²) in [6, 6.07) is 7.36. The number of benzene rings is 1. The molecule has 0 atom stereocenters. The lowest BCUT2D eigenvalue weighted by atomic mass is 10.3. The van der Waals surface area contributed by atoms with Crippen LogP contribution < -0.4 is 16.0 Å². The number of nitrogen functional groups attached to an aromatic ring is 1. The summed E-state index contributed by atoms with van der Waals surface area (Å²) in [6.45, 7) is 2.00. The van der Waals surface area contributed by atoms with Crippen LogP contribution in [0.3, 0.4) is 0 Å². The van der Waals surface area contributed by atoms with Crippen LogP contribution in [0, 0.1) is 6.92 Å². The van der Waals surface area contributed by atoms with Gasteiger partial charge in [-0.1, -0.05) is 27.5 Å². The van der Waals surface area contributed by atoms with Gasteiger partial charge in [-0.05, 0) is 31.2 Å². The highest BCUT2D eigenvalue weighted by atomic mass is 79.9. The van der Waals surface area contributed by atoms with Crippen molar-refractivity contribution in [3.8, 4) is 11.6 Å². The molecule has 0 radical (unpaired) electrons. The van der Waals surface area contributed by atoms with Crippen LogP contribution in [0.25, 0.3) is 10.2 Å². The number of ether oxygens (including phenoxy) is 1. The lowest BCUT2D eigenvalue weighted by molar-refractivity contribution is 0.469. The third-order valence-corrected chi connectivity index (χ3v) is 4.44. The van der Waals surface area contributed by atoms with Crippen molar-refractivity contribution < 1.29 is 4.74 Å². The molecule has 0 bridgehead atoms. The number of hydrogen-bond donors (Lipinski definition) is 2. The third kappa shape index (κ3) is 2.96. The van der Waals surface area contributed by atoms with Gasteiger partial charge in [-0.2, -0.15) is 4.98 Å². The SMILES string of the molecule is Cc1cc2c(Oc3ccc(Br)cc3Cl)nc(NN)nc2s1. The molecule has 0 amide bonds. The largest absolute Gasteiger partial charge is 0.437 e. The van der Waals surface area contributed by atoms with Gasteiger partial charge < -0.3 is 4.74 Å². The van der Waals surface area contributed by atoms with Crippen molar-refractivity contribution in [3.05, 3.63) is 38.6 Å². The fourth-order valence-corrected chi connectivity index (χ4v) is 3.40. The molecule has 0 saturated heterocycles. The number of halogens is 2. The Bertz CT molecular complexity index is 823. The van der Waals surface area contributed by atoms with Crippen LogP contribution in [0.4, 0.5) is 5.95 Å². The average molecular weight is 386 g/mol. The number of anilines is 1. The summed E-state index contributed by atoms with van der Waals surface area (Å²) in [6.07, 6.45) is 0. The van der Waals surface area contributed by atoms with Crippen LogP contribution in [-0.2, 0) is 0 Å². The van der Waals surface area contributed by atoms with E-state index < -0.39 is 0 Å². The highest BCUT2D eigenvalue weighted by molar-refractivity contribution is 9.10. The van der Waals surface area contributed by atoms with Crippen molar-refractivity contribution in [2.24, 2.45) is 5.84 Å². The van der Waals surface area contributed by atoms with Gasteiger partial charge in [0.2, 0.25) is 11.8 Å². The van der Waals surface area contributed by atoms with E-state index in [1.807, 2.05) is 19.1 Å². The molecule has 0 aliphatic rings. The monoisotopic (exact) mass is 384 g/mol. The second-order valence-electron chi connectivity index (χ2n) is 4.25. The van der Waals surface area contributed by atoms with Gasteiger partial charge in [0.05, 0.1) is 10.4 Å². The number of hydrogen-bond acceptors (Lipinski definition) is 6. The Balaban J connectivity index is 2.10. The van der Waals surface area contributed by atoms with Gasteiger partial charge in [0.1, 0.15) is 10.6 Å². The molecule has 0 aliphatic heterocycles. The van der Waals surface area contributed by atoms with Gasteiger partial charge in [0.25, 0.3) is 0 Å². The molecule has 2 heterocycles. The highest BCUT2D eigenvalue weighted by Gasteiger charge is 2.13. The summed E-state index contributed by atoms with van der Waals surface area (Å²) in [7, 11) is 0. The smallest absolute Gasteiger partial charge is 0.241 e. The van der Waals surface area contributed by atoms with E-state index >= 15 is 0 Å². The number of nitrogens with two attached hydrogens (primary N) is 1. The van der Waals surface area contributed by atoms with Crippen LogP contribution in [0.5, 0.6) is 11.6 Å². The Labute approximate surface area is 138 Å². The second-order valence-corrected chi connectivity index (χ2v) is 6.81. The van der Waals surface area contributed by atoms with Crippen LogP contribution >= 0.6 is 38.9 Å². The van der Waals surface area contributed by atoms with E-state index in [1.165, 1.54) is 0 Å². The van der Waals surface area contributed by atoms with E-state index in [1.54, 1.807) is 23.5 Å². The molecule has 0 saturated carbocycles. The standard InChI is InChI=1S/C13H10BrClN4OS/c1-6-4-8-11(17-13(19-16)18-12(8)21-6)20-10-3-2-7(14)5-9(10)15/h2-5H,16H2,1H3,(H,17,18,19). The number of fused-ring (bicyclic) bond motifs is 1. The molecule has 5 nitrogen and oxygen atoms in total. The first-order valence-corrected chi connectivity index (χ1v) is 7.93. The molecule has 2 aromatic heterocycles. The minimum Gasteiger partial charge on any atom is -0.437 e. The van der Waals surface area contributed by atoms with Crippen molar-refractivity contribution in [2.75, 3.05) is 5.43 Å². The minimum atomic E-state index is 0.299. The van der Waals surface area contributed by atoms with Gasteiger partial charge in [-0.15, -0.1) is 11.3 Å². The predicted molar refractivity (Wildman–Crippen MR) is 89.2 cm³/mol. The van der Waals surface area contributed by atoms with E-state index in [0.717, 1.165) is 19.6 Å². The molecule has 0 aliphatic carbocycles. The Morgan fingerprint density at radius 2 is 2.14 bits per heavy atom. The number of nitrogens with zero attached hydrogens (tertiary/aromatic N) is 2. The third-order valence-electron chi connectivity index (χ3n) is 2.71. The zero-order valence-corrected chi connectivity index (χ0v) is 14.0. The van der Waals surface area contributed by atoms with Gasteiger partial charge in [0.15, 0.2) is 0 Å². The lowest BCUT2D eigenvalue weighted by Gasteiger charge is -2.09. The first-order chi connectivity index (χ1) is 10.1. The Kier molecular flexibility index (Phi) is 3.99. The maximum atomic E-state index is 6.17. The molecule has 1 aromatic carbocycles. The quantitative estimate of drug-likeness (QED) is 0.513. The molecule has 3 rings (SSSR count). The number of hydrazine groups is 1. The predicted octanol–water partition coefficient (Wildman–Crippen LogP) is 4.49. The molecule has 21 heavy (non-hydrogen) atoms. The molecule has 0 unspecified atom stereocenters. The zero-order valence-electron chi connectivity index (χ0n) is 10.9. The molecule has 0 spiro atoms. The summed E-state index contributed by atoms with van der Waals surface area (Å²) in [5, 5.41) is 1.32. The van der Waals surface area contributed by atoms with E-state index in [4.69, 9.17) is 22.2 Å². The maximum Gasteiger partial charge on any atom is 0.241 e. The van der Waals surface area contributed by atoms with Crippen LogP contribution in [-0.4, -0.2) is 9.97 Å². The topological polar surface area (TPSA) is 73.1 Å². The second kappa shape index (κ2) is 5.76. The molecule has 3 N–H and O–H groups in total. The number of nitrogens with one attached hydrogen (secondary N) is 1. The maximum absolute atomic E-state index is 6.17. The van der Waals surface area contributed by atoms with Crippen molar-refractivity contribution in [1.82, 2.24) is 9.97 Å². The fourth-order valence-electron chi connectivity index (χ4n) is 1.82. The van der Waals surface area contributed by atoms with Crippen molar-refractivity contribution in [1.29, 1.82) is 0 Å². The molecule has 3 aromatic rings. The summed E-state index contributed by atoms with van der Waals surface area (Å²) in [4.78, 5) is 10.5. The lowest BCUT2D eigenvalue weighted by Crippen LogP contribution is -2.10. The van der Waals surface area contributed by atoms with Crippen molar-refractivity contribution >= 4 is 55.0 Å². The van der Waals surface area contributed by atoms with Crippen LogP contribution in [0.15, 0.2) is 28.7 Å². The summed E-state index contributed by atoms with van der Waals surface area (Å²) < 4.78 is 6.72. The fraction of sp³-hybridized carbons (Fsp3) is 0.0769. The van der Waals surface area contributed by atoms with Gasteiger partial charge in [-0.3, -0.25) is 5.43 Å². The number of aromatic nitrogens is 2. The van der Waals surface area contributed by atoms with Gasteiger partial charge in [0, 0.05) is 9.35 Å². The van der Waals surface area contributed by atoms with Crippen molar-refractivity contribution in [2.45, 2.75) is 6.92 Å². The first-order valence-electron chi connectivity index (χ1n) is 5.94. The van der Waals surface area contributed by atoms with Crippen LogP contribution in [0.2, 0.25) is 5.02 Å². The number of thiophene rings is 1. The molecular weight excluding hydrogens is 376 g/mol. The van der Waals surface area contributed by atoms with E-state index in [0.29, 0.717) is 22.6 Å². The number of aryl methyl sites for hydroxylation is 1. The van der Waals surface area contributed by atoms with Crippen LogP contribution in [0.1, 0.15) is 4.88 Å². The first kappa shape index (κ1) is 14.5. The highest BCUT2D eigenvalue weighted by Crippen LogP contribution is 2.36. The minimum absolute atomic E-state index is 0.299. The molecule has 108 valence electrons. The zero-order chi connectivity index (χ0) is 15.0. The summed E-state index contributed by atoms with van der Waals surface area (Å²) >= 11 is 11.1. The van der Waals surface area contributed by atoms with E-state index in [-0.39, 0.29) is 0 Å². The van der Waals surface area contributed by atoms with E-state index in [9.17, 15) is 0 Å². The van der Waals surface area contributed by atoms with Gasteiger partial charge >= 0.3 is 0 Å². The number of rotatable bonds is 3. The summed E-state index contributed by atoms with van der Waals surface area (Å²) in [5.41, 5.74) is 2.44. The molecular formula is C13H10BrClN4OS. The van der Waals surface area contributed by atoms with Crippen molar-refractivity contribution in [3.63, 3.8) is 0 Å². The molecule has 0 fully saturated rings. The Morgan fingerprint density at radius 1 is 1.33 bits per heavy atom. The normalized spacial score (nSPS) is 10.9.